The van der Waals surface area contributed by atoms with Gasteiger partial charge >= 0.3 is 0 Å². The predicted octanol–water partition coefficient (Wildman–Crippen LogP) is 0.702. The fraction of sp³-hybridized carbons (Fsp3) is 0.636. The van der Waals surface area contributed by atoms with Gasteiger partial charge in [-0.05, 0) is 25.6 Å². The number of sulfonamides is 1. The van der Waals surface area contributed by atoms with Gasteiger partial charge in [0, 0.05) is 13.7 Å². The minimum atomic E-state index is -3.59. The molecule has 0 radical (unpaired) electrons. The van der Waals surface area contributed by atoms with Crippen LogP contribution in [-0.4, -0.2) is 34.7 Å². The van der Waals surface area contributed by atoms with Gasteiger partial charge in [-0.3, -0.25) is 0 Å². The van der Waals surface area contributed by atoms with Crippen molar-refractivity contribution >= 4 is 10.0 Å². The molecule has 104 valence electrons. The average molecular weight is 276 g/mol. The second-order valence-corrected chi connectivity index (χ2v) is 5.60. The molecule has 0 aromatic carbocycles. The molecule has 0 amide bonds. The molecule has 0 aliphatic carbocycles. The van der Waals surface area contributed by atoms with Crippen molar-refractivity contribution in [3.63, 3.8) is 0 Å². The molecule has 1 heterocycles. The van der Waals surface area contributed by atoms with E-state index in [0.717, 1.165) is 6.54 Å². The lowest BCUT2D eigenvalue weighted by Crippen LogP contribution is -2.31. The van der Waals surface area contributed by atoms with Gasteiger partial charge in [0.05, 0.1) is 12.6 Å². The van der Waals surface area contributed by atoms with Gasteiger partial charge in [-0.25, -0.2) is 13.1 Å². The van der Waals surface area contributed by atoms with Crippen LogP contribution in [0.5, 0.6) is 0 Å². The number of rotatable bonds is 8. The second kappa shape index (κ2) is 6.89. The van der Waals surface area contributed by atoms with E-state index in [1.54, 1.807) is 13.0 Å². The predicted molar refractivity (Wildman–Crippen MR) is 67.7 cm³/mol. The van der Waals surface area contributed by atoms with Gasteiger partial charge in [-0.1, -0.05) is 6.92 Å². The van der Waals surface area contributed by atoms with Crippen LogP contribution in [0.1, 0.15) is 19.6 Å². The van der Waals surface area contributed by atoms with Crippen molar-refractivity contribution in [3.05, 3.63) is 17.9 Å². The SMILES string of the molecule is CCNCc1ccc(S(=O)(=O)NCC(C)OC)o1. The zero-order valence-electron chi connectivity index (χ0n) is 10.9. The van der Waals surface area contributed by atoms with E-state index < -0.39 is 10.0 Å². The lowest BCUT2D eigenvalue weighted by Gasteiger charge is -2.09. The summed E-state index contributed by atoms with van der Waals surface area (Å²) in [6, 6.07) is 3.10. The summed E-state index contributed by atoms with van der Waals surface area (Å²) in [6.07, 6.45) is -0.184. The standard InChI is InChI=1S/C11H20N2O4S/c1-4-12-8-10-5-6-11(17-10)18(14,15)13-7-9(2)16-3/h5-6,9,12-13H,4,7-8H2,1-3H3. The molecule has 0 saturated carbocycles. The summed E-state index contributed by atoms with van der Waals surface area (Å²) in [6.45, 7) is 5.27. The maximum atomic E-state index is 11.9. The topological polar surface area (TPSA) is 80.6 Å². The van der Waals surface area contributed by atoms with Crippen molar-refractivity contribution < 1.29 is 17.6 Å². The smallest absolute Gasteiger partial charge is 0.274 e. The lowest BCUT2D eigenvalue weighted by atomic mass is 10.4. The van der Waals surface area contributed by atoms with Crippen molar-refractivity contribution in [1.82, 2.24) is 10.0 Å². The van der Waals surface area contributed by atoms with Gasteiger partial charge in [0.25, 0.3) is 10.0 Å². The molecule has 1 unspecified atom stereocenters. The summed E-state index contributed by atoms with van der Waals surface area (Å²) in [4.78, 5) is 0. The van der Waals surface area contributed by atoms with Crippen LogP contribution in [0.4, 0.5) is 0 Å². The highest BCUT2D eigenvalue weighted by molar-refractivity contribution is 7.89. The third kappa shape index (κ3) is 4.41. The molecule has 1 atom stereocenters. The first-order valence-corrected chi connectivity index (χ1v) is 7.29. The summed E-state index contributed by atoms with van der Waals surface area (Å²) >= 11 is 0. The van der Waals surface area contributed by atoms with E-state index in [0.29, 0.717) is 12.3 Å². The van der Waals surface area contributed by atoms with Crippen LogP contribution in [-0.2, 0) is 21.3 Å². The second-order valence-electron chi connectivity index (χ2n) is 3.90. The molecular weight excluding hydrogens is 256 g/mol. The van der Waals surface area contributed by atoms with Gasteiger partial charge < -0.3 is 14.5 Å². The number of hydrogen-bond donors (Lipinski definition) is 2. The number of hydrogen-bond acceptors (Lipinski definition) is 5. The third-order valence-electron chi connectivity index (χ3n) is 2.41. The Morgan fingerprint density at radius 3 is 2.78 bits per heavy atom. The summed E-state index contributed by atoms with van der Waals surface area (Å²) in [5, 5.41) is 2.99. The first-order chi connectivity index (χ1) is 8.49. The monoisotopic (exact) mass is 276 g/mol. The molecule has 1 rings (SSSR count). The highest BCUT2D eigenvalue weighted by atomic mass is 32.2. The normalized spacial score (nSPS) is 13.7. The Bertz CT molecular complexity index is 455. The molecule has 2 N–H and O–H groups in total. The molecule has 0 bridgehead atoms. The molecule has 0 aliphatic heterocycles. The molecule has 18 heavy (non-hydrogen) atoms. The summed E-state index contributed by atoms with van der Waals surface area (Å²) in [7, 11) is -2.07. The Morgan fingerprint density at radius 2 is 2.17 bits per heavy atom. The van der Waals surface area contributed by atoms with Gasteiger partial charge in [0.1, 0.15) is 5.76 Å². The fourth-order valence-electron chi connectivity index (χ4n) is 1.23. The zero-order valence-corrected chi connectivity index (χ0v) is 11.7. The van der Waals surface area contributed by atoms with Crippen molar-refractivity contribution in [2.45, 2.75) is 31.6 Å². The van der Waals surface area contributed by atoms with Crippen molar-refractivity contribution in [2.75, 3.05) is 20.2 Å². The van der Waals surface area contributed by atoms with E-state index in [1.807, 2.05) is 6.92 Å². The third-order valence-corrected chi connectivity index (χ3v) is 3.71. The van der Waals surface area contributed by atoms with Gasteiger partial charge in [0.2, 0.25) is 5.09 Å². The molecule has 1 aromatic heterocycles. The largest absolute Gasteiger partial charge is 0.447 e. The highest BCUT2D eigenvalue weighted by Gasteiger charge is 2.19. The van der Waals surface area contributed by atoms with Crippen LogP contribution < -0.4 is 10.0 Å². The van der Waals surface area contributed by atoms with E-state index in [-0.39, 0.29) is 17.7 Å². The number of furan rings is 1. The molecule has 0 fully saturated rings. The van der Waals surface area contributed by atoms with Crippen LogP contribution in [0.15, 0.2) is 21.6 Å². The van der Waals surface area contributed by atoms with Crippen LogP contribution in [0.2, 0.25) is 0 Å². The maximum Gasteiger partial charge on any atom is 0.274 e. The van der Waals surface area contributed by atoms with Crippen molar-refractivity contribution in [1.29, 1.82) is 0 Å². The molecule has 6 nitrogen and oxygen atoms in total. The van der Waals surface area contributed by atoms with Gasteiger partial charge in [-0.15, -0.1) is 0 Å². The quantitative estimate of drug-likeness (QED) is 0.730. The van der Waals surface area contributed by atoms with E-state index >= 15 is 0 Å². The minimum Gasteiger partial charge on any atom is -0.447 e. The first-order valence-electron chi connectivity index (χ1n) is 5.81. The summed E-state index contributed by atoms with van der Waals surface area (Å²) in [5.41, 5.74) is 0. The van der Waals surface area contributed by atoms with Crippen LogP contribution in [0, 0.1) is 0 Å². The van der Waals surface area contributed by atoms with Crippen LogP contribution in [0.3, 0.4) is 0 Å². The van der Waals surface area contributed by atoms with Crippen molar-refractivity contribution in [2.24, 2.45) is 0 Å². The molecule has 0 aliphatic rings. The van der Waals surface area contributed by atoms with Crippen LogP contribution >= 0.6 is 0 Å². The molecule has 0 spiro atoms. The summed E-state index contributed by atoms with van der Waals surface area (Å²) < 4.78 is 36.4. The van der Waals surface area contributed by atoms with Gasteiger partial charge in [-0.2, -0.15) is 0 Å². The molecular formula is C11H20N2O4S. The minimum absolute atomic E-state index is 0.0706. The molecule has 0 saturated heterocycles. The Hall–Kier alpha value is -0.890. The Balaban J connectivity index is 2.64. The number of nitrogens with one attached hydrogen (secondary N) is 2. The first kappa shape index (κ1) is 15.2. The van der Waals surface area contributed by atoms with Crippen LogP contribution in [0.25, 0.3) is 0 Å². The van der Waals surface area contributed by atoms with Crippen molar-refractivity contribution in [3.8, 4) is 0 Å². The zero-order chi connectivity index (χ0) is 13.6. The van der Waals surface area contributed by atoms with E-state index in [1.165, 1.54) is 13.2 Å². The number of ether oxygens (including phenoxy) is 1. The Morgan fingerprint density at radius 1 is 1.44 bits per heavy atom. The summed E-state index contributed by atoms with van der Waals surface area (Å²) in [5.74, 6) is 0.594. The fourth-order valence-corrected chi connectivity index (χ4v) is 2.29. The molecule has 7 heteroatoms. The lowest BCUT2D eigenvalue weighted by molar-refractivity contribution is 0.122. The molecule has 1 aromatic rings. The van der Waals surface area contributed by atoms with Gasteiger partial charge in [0.15, 0.2) is 0 Å². The van der Waals surface area contributed by atoms with E-state index in [4.69, 9.17) is 9.15 Å². The van der Waals surface area contributed by atoms with E-state index in [2.05, 4.69) is 10.0 Å². The maximum absolute atomic E-state index is 11.9. The highest BCUT2D eigenvalue weighted by Crippen LogP contribution is 2.13. The number of methoxy groups -OCH3 is 1. The Kier molecular flexibility index (Phi) is 5.80. The van der Waals surface area contributed by atoms with E-state index in [9.17, 15) is 8.42 Å². The average Bonchev–Trinajstić information content (AvgIpc) is 2.83. The Labute approximate surface area is 108 Å².